The molecular formula is C48H51NO8S. The molecule has 1 aromatic heterocycles. The Morgan fingerprint density at radius 3 is 1.84 bits per heavy atom. The van der Waals surface area contributed by atoms with Crippen molar-refractivity contribution >= 4 is 33.2 Å². The number of likely N-dealkylation sites (N-methyl/N-ethyl adjacent to an activating group) is 1. The van der Waals surface area contributed by atoms with E-state index in [0.717, 1.165) is 43.2 Å². The van der Waals surface area contributed by atoms with Gasteiger partial charge in [-0.05, 0) is 111 Å². The van der Waals surface area contributed by atoms with Gasteiger partial charge in [0.25, 0.3) is 0 Å². The van der Waals surface area contributed by atoms with Crippen molar-refractivity contribution in [1.29, 1.82) is 0 Å². The van der Waals surface area contributed by atoms with Gasteiger partial charge in [0.15, 0.2) is 5.78 Å². The topological polar surface area (TPSA) is 92.8 Å². The summed E-state index contributed by atoms with van der Waals surface area (Å²) in [6.07, 6.45) is 0. The van der Waals surface area contributed by atoms with E-state index >= 15 is 0 Å². The lowest BCUT2D eigenvalue weighted by atomic mass is 9.97. The van der Waals surface area contributed by atoms with Crippen molar-refractivity contribution in [3.63, 3.8) is 0 Å². The van der Waals surface area contributed by atoms with Crippen LogP contribution in [-0.2, 0) is 32.2 Å². The van der Waals surface area contributed by atoms with Crippen molar-refractivity contribution in [3.8, 4) is 27.7 Å². The quantitative estimate of drug-likeness (QED) is 0.0401. The molecule has 0 N–H and O–H groups in total. The van der Waals surface area contributed by atoms with Crippen molar-refractivity contribution in [1.82, 2.24) is 4.90 Å². The summed E-state index contributed by atoms with van der Waals surface area (Å²) in [5.41, 5.74) is 3.81. The molecule has 0 fully saturated rings. The molecule has 0 saturated carbocycles. The summed E-state index contributed by atoms with van der Waals surface area (Å²) in [5, 5.41) is 0.877. The van der Waals surface area contributed by atoms with Crippen LogP contribution in [0.5, 0.6) is 17.2 Å². The predicted molar refractivity (Wildman–Crippen MR) is 229 cm³/mol. The molecule has 6 rings (SSSR count). The van der Waals surface area contributed by atoms with Crippen LogP contribution >= 0.6 is 11.3 Å². The van der Waals surface area contributed by atoms with Crippen molar-refractivity contribution in [2.75, 3.05) is 53.2 Å². The maximum absolute atomic E-state index is 14.4. The van der Waals surface area contributed by atoms with Crippen LogP contribution in [0.25, 0.3) is 20.5 Å². The lowest BCUT2D eigenvalue weighted by molar-refractivity contribution is -0.160. The molecule has 9 nitrogen and oxygen atoms in total. The molecule has 0 saturated heterocycles. The summed E-state index contributed by atoms with van der Waals surface area (Å²) in [5.74, 6) is 1.73. The second kappa shape index (κ2) is 20.8. The van der Waals surface area contributed by atoms with Crippen LogP contribution in [0.1, 0.15) is 47.8 Å². The van der Waals surface area contributed by atoms with Gasteiger partial charge in [-0.25, -0.2) is 4.79 Å². The van der Waals surface area contributed by atoms with E-state index in [9.17, 15) is 9.59 Å². The first-order valence-electron chi connectivity index (χ1n) is 19.5. The van der Waals surface area contributed by atoms with E-state index in [1.165, 1.54) is 0 Å². The molecule has 0 atom stereocenters. The van der Waals surface area contributed by atoms with Crippen LogP contribution in [0.2, 0.25) is 0 Å². The molecule has 5 aromatic carbocycles. The number of rotatable bonds is 21. The van der Waals surface area contributed by atoms with Gasteiger partial charge in [-0.3, -0.25) is 4.79 Å². The van der Waals surface area contributed by atoms with Crippen molar-refractivity contribution in [2.45, 2.75) is 39.6 Å². The van der Waals surface area contributed by atoms with Crippen LogP contribution in [0.15, 0.2) is 127 Å². The molecule has 6 aromatic rings. The molecular weight excluding hydrogens is 751 g/mol. The Balaban J connectivity index is 1.06. The minimum absolute atomic E-state index is 0.0647. The minimum atomic E-state index is -0.529. The van der Waals surface area contributed by atoms with E-state index in [1.807, 2.05) is 155 Å². The zero-order chi connectivity index (χ0) is 40.7. The second-order valence-corrected chi connectivity index (χ2v) is 15.8. The standard InChI is InChI=1S/C48H51NO8S/c1-48(2,3)57-44(50)34-53-30-29-52-27-25-49(4)26-28-54-39-19-15-37(16-20-39)46(51)45-42-24-23-41(56-33-36-13-9-6-10-14-36)31-43(42)58-47(45)38-17-21-40(22-18-38)55-32-35-11-7-5-8-12-35/h5-24,31H,25-30,32-34H2,1-4H3. The van der Waals surface area contributed by atoms with E-state index < -0.39 is 5.60 Å². The normalized spacial score (nSPS) is 11.5. The molecule has 0 unspecified atom stereocenters. The molecule has 302 valence electrons. The van der Waals surface area contributed by atoms with E-state index in [2.05, 4.69) is 4.90 Å². The molecule has 1 heterocycles. The fraction of sp³-hybridized carbons (Fsp3) is 0.292. The number of ether oxygens (including phenoxy) is 6. The monoisotopic (exact) mass is 801 g/mol. The highest BCUT2D eigenvalue weighted by Crippen LogP contribution is 2.42. The Bertz CT molecular complexity index is 2200. The highest BCUT2D eigenvalue weighted by atomic mass is 32.1. The van der Waals surface area contributed by atoms with Crippen LogP contribution in [0.4, 0.5) is 0 Å². The van der Waals surface area contributed by atoms with E-state index in [-0.39, 0.29) is 18.4 Å². The number of fused-ring (bicyclic) bond motifs is 1. The lowest BCUT2D eigenvalue weighted by Gasteiger charge is -2.19. The molecule has 58 heavy (non-hydrogen) atoms. The summed E-state index contributed by atoms with van der Waals surface area (Å²) in [6, 6.07) is 41.3. The summed E-state index contributed by atoms with van der Waals surface area (Å²) in [6.45, 7) is 9.41. The maximum atomic E-state index is 14.4. The number of hydrogen-bond donors (Lipinski definition) is 0. The van der Waals surface area contributed by atoms with E-state index in [1.54, 1.807) is 11.3 Å². The number of nitrogens with zero attached hydrogens (tertiary/aromatic N) is 1. The van der Waals surface area contributed by atoms with Gasteiger partial charge in [0, 0.05) is 39.2 Å². The fourth-order valence-electron chi connectivity index (χ4n) is 6.02. The average Bonchev–Trinajstić information content (AvgIpc) is 3.61. The van der Waals surface area contributed by atoms with Gasteiger partial charge in [0.05, 0.1) is 19.8 Å². The molecule has 10 heteroatoms. The number of benzene rings is 5. The summed E-state index contributed by atoms with van der Waals surface area (Å²) < 4.78 is 35.4. The van der Waals surface area contributed by atoms with E-state index in [4.69, 9.17) is 28.4 Å². The van der Waals surface area contributed by atoms with E-state index in [0.29, 0.717) is 69.6 Å². The molecule has 0 radical (unpaired) electrons. The number of hydrogen-bond acceptors (Lipinski definition) is 10. The number of thiophene rings is 1. The first-order chi connectivity index (χ1) is 28.1. The SMILES string of the molecule is CN(CCOCCOCC(=O)OC(C)(C)C)CCOc1ccc(C(=O)c2c(-c3ccc(OCc4ccccc4)cc3)sc3cc(OCc4ccccc4)ccc23)cc1. The molecule has 0 spiro atoms. The fourth-order valence-corrected chi connectivity index (χ4v) is 7.26. The summed E-state index contributed by atoms with van der Waals surface area (Å²) >= 11 is 1.58. The van der Waals surface area contributed by atoms with Crippen LogP contribution in [-0.4, -0.2) is 75.4 Å². The van der Waals surface area contributed by atoms with Gasteiger partial charge in [-0.2, -0.15) is 0 Å². The number of ketones is 1. The number of carbonyl (C=O) groups excluding carboxylic acids is 2. The first-order valence-corrected chi connectivity index (χ1v) is 20.3. The van der Waals surface area contributed by atoms with Gasteiger partial charge in [-0.15, -0.1) is 11.3 Å². The average molecular weight is 802 g/mol. The minimum Gasteiger partial charge on any atom is -0.492 e. The molecule has 0 bridgehead atoms. The van der Waals surface area contributed by atoms with Crippen molar-refractivity contribution in [2.24, 2.45) is 0 Å². The third-order valence-electron chi connectivity index (χ3n) is 8.99. The molecule has 0 aliphatic carbocycles. The Morgan fingerprint density at radius 2 is 1.19 bits per heavy atom. The van der Waals surface area contributed by atoms with Crippen LogP contribution in [0, 0.1) is 0 Å². The molecule has 0 aliphatic rings. The van der Waals surface area contributed by atoms with Crippen LogP contribution in [0.3, 0.4) is 0 Å². The van der Waals surface area contributed by atoms with Gasteiger partial charge >= 0.3 is 5.97 Å². The third kappa shape index (κ3) is 12.7. The zero-order valence-corrected chi connectivity index (χ0v) is 34.4. The van der Waals surface area contributed by atoms with Crippen molar-refractivity contribution in [3.05, 3.63) is 150 Å². The van der Waals surface area contributed by atoms with Gasteiger partial charge < -0.3 is 33.3 Å². The van der Waals surface area contributed by atoms with Gasteiger partial charge in [0.1, 0.15) is 49.3 Å². The highest BCUT2D eigenvalue weighted by molar-refractivity contribution is 7.22. The smallest absolute Gasteiger partial charge is 0.332 e. The lowest BCUT2D eigenvalue weighted by Crippen LogP contribution is -2.28. The molecule has 0 amide bonds. The summed E-state index contributed by atoms with van der Waals surface area (Å²) in [4.78, 5) is 29.1. The molecule has 0 aliphatic heterocycles. The van der Waals surface area contributed by atoms with Gasteiger partial charge in [0.2, 0.25) is 0 Å². The Kier molecular flexibility index (Phi) is 15.1. The van der Waals surface area contributed by atoms with Gasteiger partial charge in [-0.1, -0.05) is 60.7 Å². The highest BCUT2D eigenvalue weighted by Gasteiger charge is 2.22. The Hall–Kier alpha value is -5.52. The second-order valence-electron chi connectivity index (χ2n) is 14.8. The van der Waals surface area contributed by atoms with Crippen molar-refractivity contribution < 1.29 is 38.0 Å². The van der Waals surface area contributed by atoms with Crippen LogP contribution < -0.4 is 14.2 Å². The summed E-state index contributed by atoms with van der Waals surface area (Å²) in [7, 11) is 2.00. The zero-order valence-electron chi connectivity index (χ0n) is 33.6. The predicted octanol–water partition coefficient (Wildman–Crippen LogP) is 9.64. The largest absolute Gasteiger partial charge is 0.492 e. The number of esters is 1. The maximum Gasteiger partial charge on any atom is 0.332 e. The Labute approximate surface area is 345 Å². The first kappa shape index (κ1) is 42.1. The Morgan fingerprint density at radius 1 is 0.621 bits per heavy atom. The number of carbonyl (C=O) groups is 2. The third-order valence-corrected chi connectivity index (χ3v) is 10.2.